The lowest BCUT2D eigenvalue weighted by molar-refractivity contribution is -0.119. The molecule has 0 aliphatic carbocycles. The minimum atomic E-state index is -2.45. The zero-order valence-corrected chi connectivity index (χ0v) is 18.2. The number of pyridine rings is 1. The van der Waals surface area contributed by atoms with Crippen molar-refractivity contribution in [3.8, 4) is 0 Å². The van der Waals surface area contributed by atoms with E-state index in [1.807, 2.05) is 5.32 Å². The third kappa shape index (κ3) is 5.63. The number of carboxylic acid groups (broad SMARTS) is 1. The van der Waals surface area contributed by atoms with Gasteiger partial charge in [-0.15, -0.1) is 0 Å². The van der Waals surface area contributed by atoms with Crippen LogP contribution in [0.25, 0.3) is 0 Å². The smallest absolute Gasteiger partial charge is 0.407 e. The summed E-state index contributed by atoms with van der Waals surface area (Å²) in [6.45, 7) is 1.75. The largest absolute Gasteiger partial charge is 0.465 e. The van der Waals surface area contributed by atoms with Crippen LogP contribution in [0.3, 0.4) is 0 Å². The van der Waals surface area contributed by atoms with Crippen molar-refractivity contribution in [1.82, 2.24) is 15.2 Å². The van der Waals surface area contributed by atoms with E-state index in [9.17, 15) is 23.6 Å². The molecule has 2 unspecified atom stereocenters. The SMILES string of the molecule is CC1CC(C(=O)c2cnc(Cl)c(F)c2NC(=O)NC(=O)C(Cl)(Cl)Cl)CCN1C(=O)O. The Morgan fingerprint density at radius 2 is 1.93 bits per heavy atom. The van der Waals surface area contributed by atoms with E-state index in [1.54, 1.807) is 12.2 Å². The molecule has 0 radical (unpaired) electrons. The van der Waals surface area contributed by atoms with Crippen LogP contribution < -0.4 is 10.6 Å². The molecule has 0 saturated carbocycles. The zero-order chi connectivity index (χ0) is 22.8. The van der Waals surface area contributed by atoms with Crippen molar-refractivity contribution in [1.29, 1.82) is 0 Å². The van der Waals surface area contributed by atoms with Crippen LogP contribution in [0.4, 0.5) is 19.7 Å². The van der Waals surface area contributed by atoms with Gasteiger partial charge in [-0.2, -0.15) is 0 Å². The van der Waals surface area contributed by atoms with E-state index in [-0.39, 0.29) is 24.9 Å². The fourth-order valence-electron chi connectivity index (χ4n) is 3.01. The average Bonchev–Trinajstić information content (AvgIpc) is 2.63. The average molecular weight is 504 g/mol. The Bertz CT molecular complexity index is 895. The van der Waals surface area contributed by atoms with Gasteiger partial charge in [0.1, 0.15) is 0 Å². The molecule has 2 atom stereocenters. The lowest BCUT2D eigenvalue weighted by Crippen LogP contribution is -2.45. The molecule has 1 aliphatic rings. The second-order valence-electron chi connectivity index (χ2n) is 6.47. The number of hydrogen-bond acceptors (Lipinski definition) is 5. The van der Waals surface area contributed by atoms with Crippen LogP contribution in [-0.4, -0.2) is 55.2 Å². The number of nitrogens with one attached hydrogen (secondary N) is 2. The quantitative estimate of drug-likeness (QED) is 0.326. The van der Waals surface area contributed by atoms with Gasteiger partial charge < -0.3 is 15.3 Å². The molecule has 0 spiro atoms. The maximum atomic E-state index is 14.5. The van der Waals surface area contributed by atoms with Gasteiger partial charge in [0.15, 0.2) is 16.8 Å². The summed E-state index contributed by atoms with van der Waals surface area (Å²) >= 11 is 21.7. The first kappa shape index (κ1) is 24.4. The van der Waals surface area contributed by atoms with Crippen LogP contribution in [0.2, 0.25) is 5.15 Å². The molecule has 14 heteroatoms. The topological polar surface area (TPSA) is 129 Å². The molecular weight excluding hydrogens is 489 g/mol. The van der Waals surface area contributed by atoms with Gasteiger partial charge >= 0.3 is 12.1 Å². The highest BCUT2D eigenvalue weighted by atomic mass is 35.6. The monoisotopic (exact) mass is 502 g/mol. The molecule has 2 heterocycles. The van der Waals surface area contributed by atoms with Crippen molar-refractivity contribution in [3.63, 3.8) is 0 Å². The number of hydrogen-bond donors (Lipinski definition) is 3. The molecule has 9 nitrogen and oxygen atoms in total. The molecule has 30 heavy (non-hydrogen) atoms. The maximum absolute atomic E-state index is 14.5. The number of anilines is 1. The molecule has 3 N–H and O–H groups in total. The zero-order valence-electron chi connectivity index (χ0n) is 15.2. The third-order valence-electron chi connectivity index (χ3n) is 4.46. The van der Waals surface area contributed by atoms with E-state index < -0.39 is 56.2 Å². The van der Waals surface area contributed by atoms with Gasteiger partial charge in [-0.1, -0.05) is 46.4 Å². The molecule has 0 aromatic carbocycles. The van der Waals surface area contributed by atoms with E-state index in [2.05, 4.69) is 4.98 Å². The molecule has 1 aromatic heterocycles. The standard InChI is InChI=1S/C16H15Cl4FN4O5/c1-6-4-7(2-3-25(6)15(29)30)11(26)8-5-22-12(17)9(21)10(8)23-14(28)24-13(27)16(18,19)20/h5-7H,2-4H2,1H3,(H,29,30)(H2,22,23,24,27,28). The van der Waals surface area contributed by atoms with Crippen LogP contribution in [0, 0.1) is 11.7 Å². The second kappa shape index (κ2) is 9.51. The number of nitrogens with zero attached hydrogens (tertiary/aromatic N) is 2. The van der Waals surface area contributed by atoms with Gasteiger partial charge in [-0.25, -0.2) is 19.0 Å². The number of amides is 4. The molecule has 164 valence electrons. The summed E-state index contributed by atoms with van der Waals surface area (Å²) in [7, 11) is 0. The number of piperidine rings is 1. The number of halogens is 5. The van der Waals surface area contributed by atoms with Gasteiger partial charge in [-0.3, -0.25) is 14.9 Å². The van der Waals surface area contributed by atoms with E-state index in [0.29, 0.717) is 0 Å². The van der Waals surface area contributed by atoms with Crippen molar-refractivity contribution in [2.24, 2.45) is 5.92 Å². The van der Waals surface area contributed by atoms with Crippen LogP contribution in [0.15, 0.2) is 6.20 Å². The normalized spacial score (nSPS) is 19.2. The summed E-state index contributed by atoms with van der Waals surface area (Å²) < 4.78 is 12.1. The molecule has 1 saturated heterocycles. The van der Waals surface area contributed by atoms with E-state index >= 15 is 0 Å². The number of likely N-dealkylation sites (tertiary alicyclic amines) is 1. The van der Waals surface area contributed by atoms with Crippen molar-refractivity contribution < 1.29 is 28.7 Å². The third-order valence-corrected chi connectivity index (χ3v) is 5.24. The Morgan fingerprint density at radius 3 is 2.47 bits per heavy atom. The Morgan fingerprint density at radius 1 is 1.30 bits per heavy atom. The predicted octanol–water partition coefficient (Wildman–Crippen LogP) is 3.85. The van der Waals surface area contributed by atoms with Crippen molar-refractivity contribution >= 4 is 75.9 Å². The van der Waals surface area contributed by atoms with Gasteiger partial charge in [0.2, 0.25) is 0 Å². The number of carbonyl (C=O) groups excluding carboxylic acids is 3. The molecule has 2 rings (SSSR count). The van der Waals surface area contributed by atoms with Gasteiger partial charge in [0.05, 0.1) is 11.3 Å². The summed E-state index contributed by atoms with van der Waals surface area (Å²) in [5.41, 5.74) is -0.905. The molecule has 1 fully saturated rings. The first-order valence-electron chi connectivity index (χ1n) is 8.39. The lowest BCUT2D eigenvalue weighted by Gasteiger charge is -2.35. The van der Waals surface area contributed by atoms with E-state index in [1.165, 1.54) is 4.90 Å². The fraction of sp³-hybridized carbons (Fsp3) is 0.438. The molecule has 4 amide bonds. The summed E-state index contributed by atoms with van der Waals surface area (Å²) in [6.07, 6.45) is 0.253. The summed E-state index contributed by atoms with van der Waals surface area (Å²) in [4.78, 5) is 52.5. The van der Waals surface area contributed by atoms with Crippen molar-refractivity contribution in [3.05, 3.63) is 22.7 Å². The van der Waals surface area contributed by atoms with Crippen LogP contribution in [0.5, 0.6) is 0 Å². The highest BCUT2D eigenvalue weighted by Gasteiger charge is 2.35. The molecule has 1 aliphatic heterocycles. The highest BCUT2D eigenvalue weighted by Crippen LogP contribution is 2.32. The molecule has 0 bridgehead atoms. The summed E-state index contributed by atoms with van der Waals surface area (Å²) in [5, 5.41) is 12.2. The van der Waals surface area contributed by atoms with Crippen molar-refractivity contribution in [2.75, 3.05) is 11.9 Å². The number of Topliss-reactive ketones (excluding diaryl/α,β-unsaturated/α-hetero) is 1. The van der Waals surface area contributed by atoms with Crippen LogP contribution in [-0.2, 0) is 4.79 Å². The van der Waals surface area contributed by atoms with Crippen molar-refractivity contribution in [2.45, 2.75) is 29.6 Å². The first-order chi connectivity index (χ1) is 13.8. The van der Waals surface area contributed by atoms with E-state index in [4.69, 9.17) is 51.5 Å². The van der Waals surface area contributed by atoms with Gasteiger partial charge in [0.25, 0.3) is 9.70 Å². The van der Waals surface area contributed by atoms with Gasteiger partial charge in [-0.05, 0) is 19.8 Å². The number of carbonyl (C=O) groups is 4. The fourth-order valence-corrected chi connectivity index (χ4v) is 3.29. The Labute approximate surface area is 189 Å². The van der Waals surface area contributed by atoms with E-state index in [0.717, 1.165) is 6.20 Å². The number of urea groups is 1. The Kier molecular flexibility index (Phi) is 7.73. The minimum absolute atomic E-state index is 0.109. The van der Waals surface area contributed by atoms with Gasteiger partial charge in [0, 0.05) is 24.7 Å². The Balaban J connectivity index is 2.26. The number of ketones is 1. The minimum Gasteiger partial charge on any atom is -0.465 e. The van der Waals surface area contributed by atoms with Crippen LogP contribution >= 0.6 is 46.4 Å². The number of aromatic nitrogens is 1. The first-order valence-corrected chi connectivity index (χ1v) is 9.91. The highest BCUT2D eigenvalue weighted by molar-refractivity contribution is 6.76. The number of alkyl halides is 3. The second-order valence-corrected chi connectivity index (χ2v) is 9.11. The predicted molar refractivity (Wildman–Crippen MR) is 108 cm³/mol. The lowest BCUT2D eigenvalue weighted by atomic mass is 9.85. The number of rotatable bonds is 3. The summed E-state index contributed by atoms with van der Waals surface area (Å²) in [6, 6.07) is -1.72. The molecule has 1 aromatic rings. The Hall–Kier alpha value is -1.88. The number of imide groups is 1. The molecular formula is C16H15Cl4FN4O5. The maximum Gasteiger partial charge on any atom is 0.407 e. The van der Waals surface area contributed by atoms with Crippen LogP contribution in [0.1, 0.15) is 30.1 Å². The summed E-state index contributed by atoms with van der Waals surface area (Å²) in [5.74, 6) is -3.72.